The lowest BCUT2D eigenvalue weighted by Crippen LogP contribution is -2.25. The van der Waals surface area contributed by atoms with Crippen LogP contribution in [0.2, 0.25) is 0 Å². The van der Waals surface area contributed by atoms with E-state index < -0.39 is 35.3 Å². The molecule has 1 fully saturated rings. The summed E-state index contributed by atoms with van der Waals surface area (Å²) in [5.74, 6) is -3.64. The summed E-state index contributed by atoms with van der Waals surface area (Å²) in [5.41, 5.74) is 0.189. The standard InChI is InChI=1S/C25H26F6O/c1-3-4-15(2)18-9-10-23(32-14-18)17-7-5-16(6-8-17)19-11-20(26)24(21(27)12-19)22(28)13-25(29,30)31/h5-8,11-13,15,18,23H,3-4,9-10,14H2,1-2H3/b22-13-. The molecule has 0 saturated carbocycles. The summed E-state index contributed by atoms with van der Waals surface area (Å²) in [6.07, 6.45) is -1.55. The highest BCUT2D eigenvalue weighted by Crippen LogP contribution is 2.36. The number of hydrogen-bond acceptors (Lipinski definition) is 1. The van der Waals surface area contributed by atoms with E-state index >= 15 is 0 Å². The summed E-state index contributed by atoms with van der Waals surface area (Å²) in [5, 5.41) is 0. The Labute approximate surface area is 184 Å². The van der Waals surface area contributed by atoms with Crippen molar-refractivity contribution in [1.82, 2.24) is 0 Å². The van der Waals surface area contributed by atoms with Crippen molar-refractivity contribution in [2.45, 2.75) is 51.8 Å². The molecule has 0 radical (unpaired) electrons. The number of benzene rings is 2. The number of rotatable bonds is 6. The van der Waals surface area contributed by atoms with Gasteiger partial charge in [0.15, 0.2) is 0 Å². The molecule has 1 saturated heterocycles. The van der Waals surface area contributed by atoms with E-state index in [9.17, 15) is 26.3 Å². The van der Waals surface area contributed by atoms with E-state index in [-0.39, 0.29) is 11.7 Å². The molecule has 2 aromatic rings. The van der Waals surface area contributed by atoms with E-state index in [1.165, 1.54) is 6.42 Å². The van der Waals surface area contributed by atoms with Gasteiger partial charge in [-0.3, -0.25) is 0 Å². The molecule has 0 N–H and O–H groups in total. The van der Waals surface area contributed by atoms with Crippen LogP contribution in [-0.4, -0.2) is 12.8 Å². The first-order chi connectivity index (χ1) is 15.1. The van der Waals surface area contributed by atoms with Crippen LogP contribution in [0.25, 0.3) is 17.0 Å². The van der Waals surface area contributed by atoms with E-state index in [0.29, 0.717) is 24.0 Å². The molecule has 7 heteroatoms. The fourth-order valence-electron chi connectivity index (χ4n) is 4.25. The molecule has 1 heterocycles. The van der Waals surface area contributed by atoms with Crippen LogP contribution in [0.5, 0.6) is 0 Å². The Bertz CT molecular complexity index is 917. The van der Waals surface area contributed by atoms with Crippen molar-refractivity contribution in [3.05, 3.63) is 65.2 Å². The fraction of sp³-hybridized carbons (Fsp3) is 0.440. The van der Waals surface area contributed by atoms with Gasteiger partial charge in [-0.1, -0.05) is 51.0 Å². The van der Waals surface area contributed by atoms with Crippen LogP contribution in [-0.2, 0) is 4.74 Å². The highest BCUT2D eigenvalue weighted by atomic mass is 19.4. The Morgan fingerprint density at radius 3 is 2.19 bits per heavy atom. The predicted molar refractivity (Wildman–Crippen MR) is 112 cm³/mol. The van der Waals surface area contributed by atoms with Gasteiger partial charge in [0.2, 0.25) is 0 Å². The maximum Gasteiger partial charge on any atom is 0.412 e. The van der Waals surface area contributed by atoms with Gasteiger partial charge in [0.1, 0.15) is 17.5 Å². The zero-order valence-corrected chi connectivity index (χ0v) is 18.0. The predicted octanol–water partition coefficient (Wildman–Crippen LogP) is 8.41. The second-order valence-corrected chi connectivity index (χ2v) is 8.40. The number of hydrogen-bond donors (Lipinski definition) is 0. The van der Waals surface area contributed by atoms with Gasteiger partial charge in [0.05, 0.1) is 24.4 Å². The van der Waals surface area contributed by atoms with Gasteiger partial charge in [-0.05, 0) is 53.5 Å². The summed E-state index contributed by atoms with van der Waals surface area (Å²) >= 11 is 0. The molecule has 1 nitrogen and oxygen atoms in total. The number of ether oxygens (including phenoxy) is 1. The van der Waals surface area contributed by atoms with Crippen molar-refractivity contribution >= 4 is 5.83 Å². The second kappa shape index (κ2) is 10.1. The van der Waals surface area contributed by atoms with Crippen molar-refractivity contribution in [2.75, 3.05) is 6.61 Å². The normalized spacial score (nSPS) is 20.9. The highest BCUT2D eigenvalue weighted by Gasteiger charge is 2.28. The molecule has 0 aliphatic carbocycles. The zero-order chi connectivity index (χ0) is 23.5. The third-order valence-corrected chi connectivity index (χ3v) is 6.05. The van der Waals surface area contributed by atoms with Crippen LogP contribution in [0.15, 0.2) is 42.5 Å². The molecule has 1 aliphatic heterocycles. The van der Waals surface area contributed by atoms with E-state index in [2.05, 4.69) is 13.8 Å². The monoisotopic (exact) mass is 456 g/mol. The van der Waals surface area contributed by atoms with Crippen LogP contribution in [0, 0.1) is 23.5 Å². The molecule has 3 rings (SSSR count). The average molecular weight is 456 g/mol. The molecular weight excluding hydrogens is 430 g/mol. The largest absolute Gasteiger partial charge is 0.412 e. The van der Waals surface area contributed by atoms with Crippen molar-refractivity contribution in [1.29, 1.82) is 0 Å². The summed E-state index contributed by atoms with van der Waals surface area (Å²) < 4.78 is 85.2. The number of allylic oxidation sites excluding steroid dienone is 1. The Kier molecular flexibility index (Phi) is 7.70. The van der Waals surface area contributed by atoms with Crippen molar-refractivity contribution in [3.63, 3.8) is 0 Å². The fourth-order valence-corrected chi connectivity index (χ4v) is 4.25. The lowest BCUT2D eigenvalue weighted by Gasteiger charge is -2.32. The lowest BCUT2D eigenvalue weighted by molar-refractivity contribution is -0.0798. The highest BCUT2D eigenvalue weighted by molar-refractivity contribution is 5.69. The molecule has 0 bridgehead atoms. The molecule has 0 aromatic heterocycles. The maximum absolute atomic E-state index is 14.2. The van der Waals surface area contributed by atoms with Gasteiger partial charge >= 0.3 is 6.18 Å². The van der Waals surface area contributed by atoms with Gasteiger partial charge < -0.3 is 4.74 Å². The molecule has 0 amide bonds. The minimum absolute atomic E-state index is 0.0495. The van der Waals surface area contributed by atoms with Crippen molar-refractivity contribution in [3.8, 4) is 11.1 Å². The van der Waals surface area contributed by atoms with Crippen molar-refractivity contribution < 1.29 is 31.1 Å². The first-order valence-electron chi connectivity index (χ1n) is 10.8. The molecule has 1 aliphatic rings. The van der Waals surface area contributed by atoms with Crippen LogP contribution in [0.4, 0.5) is 26.3 Å². The Morgan fingerprint density at radius 2 is 1.69 bits per heavy atom. The maximum atomic E-state index is 14.2. The molecule has 32 heavy (non-hydrogen) atoms. The molecule has 0 spiro atoms. The first-order valence-corrected chi connectivity index (χ1v) is 10.8. The lowest BCUT2D eigenvalue weighted by atomic mass is 9.84. The van der Waals surface area contributed by atoms with E-state index in [1.54, 1.807) is 12.1 Å². The van der Waals surface area contributed by atoms with Crippen molar-refractivity contribution in [2.24, 2.45) is 11.8 Å². The minimum atomic E-state index is -5.02. The molecule has 3 unspecified atom stereocenters. The first kappa shape index (κ1) is 24.4. The Morgan fingerprint density at radius 1 is 1.06 bits per heavy atom. The smallest absolute Gasteiger partial charge is 0.373 e. The van der Waals surface area contributed by atoms with Gasteiger partial charge in [-0.25, -0.2) is 13.2 Å². The number of halogens is 6. The Balaban J connectivity index is 1.74. The van der Waals surface area contributed by atoms with Gasteiger partial charge in [0, 0.05) is 0 Å². The summed E-state index contributed by atoms with van der Waals surface area (Å²) in [7, 11) is 0. The van der Waals surface area contributed by atoms with E-state index in [0.717, 1.165) is 37.0 Å². The third-order valence-electron chi connectivity index (χ3n) is 6.05. The van der Waals surface area contributed by atoms with Gasteiger partial charge in [0.25, 0.3) is 0 Å². The van der Waals surface area contributed by atoms with Gasteiger partial charge in [-0.15, -0.1) is 0 Å². The van der Waals surface area contributed by atoms with Crippen LogP contribution >= 0.6 is 0 Å². The SMILES string of the molecule is CCCC(C)C1CCC(c2ccc(-c3cc(F)c(/C(F)=C/C(F)(F)F)c(F)c3)cc2)OC1. The average Bonchev–Trinajstić information content (AvgIpc) is 2.72. The van der Waals surface area contributed by atoms with E-state index in [4.69, 9.17) is 4.74 Å². The van der Waals surface area contributed by atoms with E-state index in [1.807, 2.05) is 12.1 Å². The van der Waals surface area contributed by atoms with Crippen LogP contribution < -0.4 is 0 Å². The zero-order valence-electron chi connectivity index (χ0n) is 18.0. The topological polar surface area (TPSA) is 9.23 Å². The second-order valence-electron chi connectivity index (χ2n) is 8.40. The quantitative estimate of drug-likeness (QED) is 0.397. The van der Waals surface area contributed by atoms with Gasteiger partial charge in [-0.2, -0.15) is 13.2 Å². The summed E-state index contributed by atoms with van der Waals surface area (Å²) in [6.45, 7) is 5.12. The molecule has 174 valence electrons. The van der Waals surface area contributed by atoms with Crippen LogP contribution in [0.3, 0.4) is 0 Å². The third kappa shape index (κ3) is 5.94. The summed E-state index contributed by atoms with van der Waals surface area (Å²) in [4.78, 5) is 0. The summed E-state index contributed by atoms with van der Waals surface area (Å²) in [6, 6.07) is 8.61. The number of alkyl halides is 3. The van der Waals surface area contributed by atoms with Crippen LogP contribution in [0.1, 0.15) is 56.8 Å². The molecule has 2 aromatic carbocycles. The minimum Gasteiger partial charge on any atom is -0.373 e. The molecular formula is C25H26F6O. The molecule has 3 atom stereocenters. The Hall–Kier alpha value is -2.28.